The van der Waals surface area contributed by atoms with Crippen molar-refractivity contribution >= 4 is 20.7 Å². The molecule has 1 aromatic carbocycles. The van der Waals surface area contributed by atoms with E-state index in [2.05, 4.69) is 15.2 Å². The molecule has 0 aliphatic heterocycles. The summed E-state index contributed by atoms with van der Waals surface area (Å²) in [6.45, 7) is 0. The van der Waals surface area contributed by atoms with E-state index in [1.807, 2.05) is 30.3 Å². The molecular weight excluding hydrogens is 264 g/mol. The number of hydrogen-bond donors (Lipinski definition) is 1. The Morgan fingerprint density at radius 1 is 1.32 bits per heavy atom. The third kappa shape index (κ3) is 2.24. The van der Waals surface area contributed by atoms with E-state index in [-0.39, 0.29) is 5.75 Å². The smallest absolute Gasteiger partial charge is 0.230 e. The van der Waals surface area contributed by atoms with E-state index in [0.29, 0.717) is 11.6 Å². The summed E-state index contributed by atoms with van der Waals surface area (Å²) in [5.41, 5.74) is 1.57. The van der Waals surface area contributed by atoms with Gasteiger partial charge in [-0.05, 0) is 12.1 Å². The van der Waals surface area contributed by atoms with Crippen LogP contribution in [-0.2, 0) is 15.6 Å². The van der Waals surface area contributed by atoms with Crippen molar-refractivity contribution in [1.29, 1.82) is 0 Å². The van der Waals surface area contributed by atoms with E-state index in [1.54, 1.807) is 4.57 Å². The van der Waals surface area contributed by atoms with Crippen molar-refractivity contribution in [1.82, 2.24) is 19.7 Å². The number of benzene rings is 1. The van der Waals surface area contributed by atoms with Gasteiger partial charge in [0.1, 0.15) is 6.33 Å². The third-order valence-corrected chi connectivity index (χ3v) is 3.63. The first-order valence-corrected chi connectivity index (χ1v) is 7.73. The topological polar surface area (TPSA) is 80.6 Å². The van der Waals surface area contributed by atoms with Gasteiger partial charge in [0.15, 0.2) is 9.84 Å². The minimum Gasteiger partial charge on any atom is -0.282 e. The SMILES string of the molecule is CS(=O)(=O)Cc1cc2ccccc2n1-c1ncn[nH]1. The van der Waals surface area contributed by atoms with Crippen LogP contribution in [0.5, 0.6) is 0 Å². The Morgan fingerprint density at radius 3 is 2.79 bits per heavy atom. The number of fused-ring (bicyclic) bond motifs is 1. The molecule has 0 atom stereocenters. The lowest BCUT2D eigenvalue weighted by Crippen LogP contribution is -2.08. The fourth-order valence-corrected chi connectivity index (χ4v) is 2.89. The first kappa shape index (κ1) is 11.9. The molecular formula is C12H12N4O2S. The number of aromatic amines is 1. The summed E-state index contributed by atoms with van der Waals surface area (Å²) in [5.74, 6) is 0.474. The van der Waals surface area contributed by atoms with Crippen LogP contribution in [0.4, 0.5) is 0 Å². The minimum atomic E-state index is -3.12. The Hall–Kier alpha value is -2.15. The van der Waals surface area contributed by atoms with Gasteiger partial charge in [0.05, 0.1) is 11.3 Å². The zero-order valence-electron chi connectivity index (χ0n) is 10.2. The summed E-state index contributed by atoms with van der Waals surface area (Å²) in [4.78, 5) is 4.10. The zero-order valence-corrected chi connectivity index (χ0v) is 11.1. The zero-order chi connectivity index (χ0) is 13.5. The Bertz CT molecular complexity index is 819. The molecule has 1 N–H and O–H groups in total. The van der Waals surface area contributed by atoms with Crippen LogP contribution in [0.15, 0.2) is 36.7 Å². The Balaban J connectivity index is 2.29. The second-order valence-corrected chi connectivity index (χ2v) is 6.55. The predicted molar refractivity (Wildman–Crippen MR) is 71.8 cm³/mol. The lowest BCUT2D eigenvalue weighted by molar-refractivity contribution is 0.600. The monoisotopic (exact) mass is 276 g/mol. The van der Waals surface area contributed by atoms with Gasteiger partial charge < -0.3 is 0 Å². The number of rotatable bonds is 3. The van der Waals surface area contributed by atoms with Gasteiger partial charge in [-0.3, -0.25) is 4.57 Å². The summed E-state index contributed by atoms with van der Waals surface area (Å²) in [5, 5.41) is 7.55. The molecule has 2 aromatic heterocycles. The van der Waals surface area contributed by atoms with Gasteiger partial charge in [-0.25, -0.2) is 13.5 Å². The maximum absolute atomic E-state index is 11.5. The summed E-state index contributed by atoms with van der Waals surface area (Å²) in [6, 6.07) is 9.53. The molecule has 0 aliphatic carbocycles. The highest BCUT2D eigenvalue weighted by Gasteiger charge is 2.15. The molecule has 7 heteroatoms. The van der Waals surface area contributed by atoms with Crippen LogP contribution in [0.1, 0.15) is 5.69 Å². The van der Waals surface area contributed by atoms with E-state index in [4.69, 9.17) is 0 Å². The molecule has 6 nitrogen and oxygen atoms in total. The van der Waals surface area contributed by atoms with Crippen LogP contribution in [0.2, 0.25) is 0 Å². The molecule has 19 heavy (non-hydrogen) atoms. The largest absolute Gasteiger partial charge is 0.282 e. The fraction of sp³-hybridized carbons (Fsp3) is 0.167. The first-order valence-electron chi connectivity index (χ1n) is 5.67. The first-order chi connectivity index (χ1) is 9.04. The minimum absolute atomic E-state index is 0.0393. The molecule has 3 aromatic rings. The van der Waals surface area contributed by atoms with E-state index >= 15 is 0 Å². The molecule has 0 radical (unpaired) electrons. The quantitative estimate of drug-likeness (QED) is 0.781. The van der Waals surface area contributed by atoms with Crippen LogP contribution in [0.3, 0.4) is 0 Å². The van der Waals surface area contributed by atoms with Gasteiger partial charge in [-0.15, -0.1) is 0 Å². The molecule has 0 aliphatic rings. The molecule has 0 saturated heterocycles. The average Bonchev–Trinajstić information content (AvgIpc) is 2.92. The molecule has 0 saturated carbocycles. The number of sulfone groups is 1. The molecule has 0 amide bonds. The molecule has 0 bridgehead atoms. The van der Waals surface area contributed by atoms with Crippen LogP contribution >= 0.6 is 0 Å². The molecule has 2 heterocycles. The van der Waals surface area contributed by atoms with Crippen molar-refractivity contribution < 1.29 is 8.42 Å². The van der Waals surface area contributed by atoms with Crippen LogP contribution in [0, 0.1) is 0 Å². The maximum atomic E-state index is 11.5. The second-order valence-electron chi connectivity index (χ2n) is 4.41. The standard InChI is InChI=1S/C12H12N4O2S/c1-19(17,18)7-10-6-9-4-2-3-5-11(9)16(10)12-13-8-14-15-12/h2-6,8H,7H2,1H3,(H,13,14,15). The number of H-pyrrole nitrogens is 1. The highest BCUT2D eigenvalue weighted by atomic mass is 32.2. The number of nitrogens with one attached hydrogen (secondary N) is 1. The number of hydrogen-bond acceptors (Lipinski definition) is 4. The van der Waals surface area contributed by atoms with E-state index in [0.717, 1.165) is 10.9 Å². The fourth-order valence-electron chi connectivity index (χ4n) is 2.14. The second kappa shape index (κ2) is 4.20. The average molecular weight is 276 g/mol. The highest BCUT2D eigenvalue weighted by molar-refractivity contribution is 7.89. The van der Waals surface area contributed by atoms with E-state index in [9.17, 15) is 8.42 Å². The van der Waals surface area contributed by atoms with Gasteiger partial charge in [0, 0.05) is 17.3 Å². The van der Waals surface area contributed by atoms with Crippen molar-refractivity contribution in [2.45, 2.75) is 5.75 Å². The van der Waals surface area contributed by atoms with Gasteiger partial charge >= 0.3 is 0 Å². The molecule has 0 fully saturated rings. The Kier molecular flexibility index (Phi) is 2.63. The van der Waals surface area contributed by atoms with Crippen LogP contribution in [-0.4, -0.2) is 34.4 Å². The van der Waals surface area contributed by atoms with E-state index in [1.165, 1.54) is 12.6 Å². The highest BCUT2D eigenvalue weighted by Crippen LogP contribution is 2.23. The summed E-state index contributed by atoms with van der Waals surface area (Å²) < 4.78 is 24.9. The Labute approximate surface area is 110 Å². The molecule has 0 spiro atoms. The maximum Gasteiger partial charge on any atom is 0.230 e. The predicted octanol–water partition coefficient (Wildman–Crippen LogP) is 1.29. The van der Waals surface area contributed by atoms with Crippen molar-refractivity contribution in [3.63, 3.8) is 0 Å². The lowest BCUT2D eigenvalue weighted by Gasteiger charge is -2.06. The van der Waals surface area contributed by atoms with Crippen molar-refractivity contribution in [3.05, 3.63) is 42.4 Å². The number of aromatic nitrogens is 4. The summed E-state index contributed by atoms with van der Waals surface area (Å²) >= 11 is 0. The lowest BCUT2D eigenvalue weighted by atomic mass is 10.2. The molecule has 3 rings (SSSR count). The van der Waals surface area contributed by atoms with Crippen LogP contribution < -0.4 is 0 Å². The number of para-hydroxylation sites is 1. The van der Waals surface area contributed by atoms with Gasteiger partial charge in [0.2, 0.25) is 5.95 Å². The summed E-state index contributed by atoms with van der Waals surface area (Å²) in [6.07, 6.45) is 2.61. The van der Waals surface area contributed by atoms with Crippen LogP contribution in [0.25, 0.3) is 16.9 Å². The van der Waals surface area contributed by atoms with Gasteiger partial charge in [-0.1, -0.05) is 18.2 Å². The third-order valence-electron chi connectivity index (χ3n) is 2.81. The van der Waals surface area contributed by atoms with Crippen molar-refractivity contribution in [2.24, 2.45) is 0 Å². The van der Waals surface area contributed by atoms with Crippen molar-refractivity contribution in [2.75, 3.05) is 6.26 Å². The Morgan fingerprint density at radius 2 is 2.11 bits per heavy atom. The molecule has 98 valence electrons. The summed E-state index contributed by atoms with van der Waals surface area (Å²) in [7, 11) is -3.12. The van der Waals surface area contributed by atoms with Crippen molar-refractivity contribution in [3.8, 4) is 5.95 Å². The van der Waals surface area contributed by atoms with Gasteiger partial charge in [-0.2, -0.15) is 10.1 Å². The normalized spacial score (nSPS) is 12.1. The van der Waals surface area contributed by atoms with Gasteiger partial charge in [0.25, 0.3) is 0 Å². The molecule has 0 unspecified atom stereocenters. The number of nitrogens with zero attached hydrogens (tertiary/aromatic N) is 3. The van der Waals surface area contributed by atoms with E-state index < -0.39 is 9.84 Å².